The predicted octanol–water partition coefficient (Wildman–Crippen LogP) is 4.19. The second-order valence-electron chi connectivity index (χ2n) is 3.41. The van der Waals surface area contributed by atoms with Gasteiger partial charge < -0.3 is 5.73 Å². The van der Waals surface area contributed by atoms with Crippen LogP contribution in [0.1, 0.15) is 19.3 Å². The van der Waals surface area contributed by atoms with Crippen LogP contribution in [0.25, 0.3) is 0 Å². The van der Waals surface area contributed by atoms with Gasteiger partial charge in [-0.3, -0.25) is 5.41 Å². The van der Waals surface area contributed by atoms with E-state index in [0.29, 0.717) is 16.5 Å². The van der Waals surface area contributed by atoms with Crippen LogP contribution in [0, 0.1) is 5.41 Å². The fourth-order valence-electron chi connectivity index (χ4n) is 1.17. The quantitative estimate of drug-likeness (QED) is 0.354. The molecular weight excluding hydrogens is 263 g/mol. The maximum absolute atomic E-state index is 7.08. The molecule has 0 amide bonds. The minimum Gasteiger partial charge on any atom is -0.388 e. The summed E-state index contributed by atoms with van der Waals surface area (Å²) in [6.45, 7) is 0. The summed E-state index contributed by atoms with van der Waals surface area (Å²) in [6.07, 6.45) is 2.69. The Morgan fingerprint density at radius 2 is 2.00 bits per heavy atom. The zero-order valence-electron chi connectivity index (χ0n) is 8.80. The number of nitrogens with two attached hydrogens (primary N) is 1. The zero-order chi connectivity index (χ0) is 12.0. The smallest absolute Gasteiger partial charge is 0.0905 e. The number of halogens is 2. The van der Waals surface area contributed by atoms with E-state index in [1.807, 2.05) is 18.2 Å². The molecule has 0 aromatic heterocycles. The fraction of sp³-hybridized carbons (Fsp3) is 0.364. The van der Waals surface area contributed by atoms with E-state index in [1.54, 1.807) is 11.8 Å². The third-order valence-corrected chi connectivity index (χ3v) is 3.82. The summed E-state index contributed by atoms with van der Waals surface area (Å²) in [5.41, 5.74) is 5.27. The first kappa shape index (κ1) is 13.7. The number of nitrogens with one attached hydrogen (secondary N) is 1. The number of unbranched alkanes of at least 4 members (excludes halogenated alkanes) is 1. The molecule has 0 aliphatic carbocycles. The van der Waals surface area contributed by atoms with Crippen molar-refractivity contribution >= 4 is 40.8 Å². The number of hydrogen-bond acceptors (Lipinski definition) is 2. The highest BCUT2D eigenvalue weighted by Gasteiger charge is 2.00. The van der Waals surface area contributed by atoms with Crippen LogP contribution in [0.2, 0.25) is 10.0 Å². The molecule has 0 saturated carbocycles. The van der Waals surface area contributed by atoms with Gasteiger partial charge in [0, 0.05) is 11.3 Å². The number of benzene rings is 1. The van der Waals surface area contributed by atoms with E-state index in [4.69, 9.17) is 34.3 Å². The Balaban J connectivity index is 2.27. The number of thioether (sulfide) groups is 1. The predicted molar refractivity (Wildman–Crippen MR) is 73.0 cm³/mol. The molecule has 0 bridgehead atoms. The Labute approximate surface area is 110 Å². The second-order valence-corrected chi connectivity index (χ2v) is 5.39. The van der Waals surface area contributed by atoms with E-state index in [9.17, 15) is 0 Å². The van der Waals surface area contributed by atoms with Gasteiger partial charge in [0.2, 0.25) is 0 Å². The summed E-state index contributed by atoms with van der Waals surface area (Å²) < 4.78 is 0. The van der Waals surface area contributed by atoms with Crippen molar-refractivity contribution in [3.8, 4) is 0 Å². The molecule has 0 aliphatic heterocycles. The standard InChI is InChI=1S/C11H14Cl2N2S/c12-9-5-4-8(7-10(9)13)16-6-2-1-3-11(14)15/h4-5,7H,1-3,6H2,(H3,14,15). The lowest BCUT2D eigenvalue weighted by molar-refractivity contribution is 0.837. The molecule has 0 aliphatic rings. The van der Waals surface area contributed by atoms with Crippen molar-refractivity contribution < 1.29 is 0 Å². The van der Waals surface area contributed by atoms with Gasteiger partial charge in [0.25, 0.3) is 0 Å². The molecule has 16 heavy (non-hydrogen) atoms. The molecule has 1 rings (SSSR count). The third kappa shape index (κ3) is 5.10. The van der Waals surface area contributed by atoms with E-state index in [-0.39, 0.29) is 5.84 Å². The van der Waals surface area contributed by atoms with E-state index in [2.05, 4.69) is 0 Å². The van der Waals surface area contributed by atoms with Gasteiger partial charge in [-0.05, 0) is 36.8 Å². The Bertz CT molecular complexity index is 369. The van der Waals surface area contributed by atoms with Crippen LogP contribution in [0.5, 0.6) is 0 Å². The largest absolute Gasteiger partial charge is 0.388 e. The van der Waals surface area contributed by atoms with Crippen LogP contribution < -0.4 is 5.73 Å². The SMILES string of the molecule is N=C(N)CCCCSc1ccc(Cl)c(Cl)c1. The molecule has 3 N–H and O–H groups in total. The van der Waals surface area contributed by atoms with E-state index >= 15 is 0 Å². The number of amidine groups is 1. The third-order valence-electron chi connectivity index (χ3n) is 2.00. The van der Waals surface area contributed by atoms with Gasteiger partial charge in [0.1, 0.15) is 0 Å². The molecule has 0 heterocycles. The van der Waals surface area contributed by atoms with Gasteiger partial charge in [-0.15, -0.1) is 11.8 Å². The second kappa shape index (κ2) is 7.05. The van der Waals surface area contributed by atoms with Crippen molar-refractivity contribution in [3.05, 3.63) is 28.2 Å². The molecule has 88 valence electrons. The Hall–Kier alpha value is -0.380. The molecule has 2 nitrogen and oxygen atoms in total. The summed E-state index contributed by atoms with van der Waals surface area (Å²) in [6, 6.07) is 5.64. The molecule has 1 aromatic carbocycles. The first-order chi connectivity index (χ1) is 7.59. The summed E-state index contributed by atoms with van der Waals surface area (Å²) in [5, 5.41) is 8.26. The fourth-order valence-corrected chi connectivity index (χ4v) is 2.49. The lowest BCUT2D eigenvalue weighted by Crippen LogP contribution is -2.08. The summed E-state index contributed by atoms with van der Waals surface area (Å²) >= 11 is 13.5. The maximum Gasteiger partial charge on any atom is 0.0905 e. The van der Waals surface area contributed by atoms with Crippen molar-refractivity contribution in [1.29, 1.82) is 5.41 Å². The molecule has 1 aromatic rings. The van der Waals surface area contributed by atoms with Gasteiger partial charge in [-0.1, -0.05) is 23.2 Å². The average molecular weight is 277 g/mol. The molecule has 0 radical (unpaired) electrons. The van der Waals surface area contributed by atoms with Crippen molar-refractivity contribution in [3.63, 3.8) is 0 Å². The minimum absolute atomic E-state index is 0.263. The number of rotatable bonds is 6. The molecular formula is C11H14Cl2N2S. The van der Waals surface area contributed by atoms with E-state index in [0.717, 1.165) is 23.5 Å². The topological polar surface area (TPSA) is 49.9 Å². The summed E-state index contributed by atoms with van der Waals surface area (Å²) in [7, 11) is 0. The van der Waals surface area contributed by atoms with Crippen molar-refractivity contribution in [1.82, 2.24) is 0 Å². The average Bonchev–Trinajstić information content (AvgIpc) is 2.22. The van der Waals surface area contributed by atoms with Crippen LogP contribution in [-0.2, 0) is 0 Å². The van der Waals surface area contributed by atoms with Crippen molar-refractivity contribution in [2.75, 3.05) is 5.75 Å². The van der Waals surface area contributed by atoms with E-state index < -0.39 is 0 Å². The van der Waals surface area contributed by atoms with Gasteiger partial charge in [0.05, 0.1) is 15.9 Å². The van der Waals surface area contributed by atoms with Crippen molar-refractivity contribution in [2.45, 2.75) is 24.2 Å². The Morgan fingerprint density at radius 1 is 1.25 bits per heavy atom. The molecule has 0 spiro atoms. The Kier molecular flexibility index (Phi) is 6.03. The summed E-state index contributed by atoms with van der Waals surface area (Å²) in [4.78, 5) is 1.12. The molecule has 0 atom stereocenters. The highest BCUT2D eigenvalue weighted by atomic mass is 35.5. The van der Waals surface area contributed by atoms with Gasteiger partial charge in [-0.25, -0.2) is 0 Å². The molecule has 0 unspecified atom stereocenters. The first-order valence-corrected chi connectivity index (χ1v) is 6.74. The zero-order valence-corrected chi connectivity index (χ0v) is 11.1. The van der Waals surface area contributed by atoms with Crippen molar-refractivity contribution in [2.24, 2.45) is 5.73 Å². The molecule has 0 saturated heterocycles. The van der Waals surface area contributed by atoms with Gasteiger partial charge >= 0.3 is 0 Å². The van der Waals surface area contributed by atoms with Crippen LogP contribution in [0.4, 0.5) is 0 Å². The normalized spacial score (nSPS) is 10.4. The highest BCUT2D eigenvalue weighted by Crippen LogP contribution is 2.28. The van der Waals surface area contributed by atoms with Crippen LogP contribution in [0.3, 0.4) is 0 Å². The maximum atomic E-state index is 7.08. The minimum atomic E-state index is 0.263. The Morgan fingerprint density at radius 3 is 2.62 bits per heavy atom. The molecule has 5 heteroatoms. The van der Waals surface area contributed by atoms with Crippen LogP contribution in [0.15, 0.2) is 23.1 Å². The monoisotopic (exact) mass is 276 g/mol. The molecule has 0 fully saturated rings. The highest BCUT2D eigenvalue weighted by molar-refractivity contribution is 7.99. The lowest BCUT2D eigenvalue weighted by atomic mass is 10.2. The first-order valence-electron chi connectivity index (χ1n) is 5.00. The lowest BCUT2D eigenvalue weighted by Gasteiger charge is -2.03. The van der Waals surface area contributed by atoms with Gasteiger partial charge in [0.15, 0.2) is 0 Å². The van der Waals surface area contributed by atoms with Crippen LogP contribution >= 0.6 is 35.0 Å². The summed E-state index contributed by atoms with van der Waals surface area (Å²) in [5.74, 6) is 1.27. The van der Waals surface area contributed by atoms with E-state index in [1.165, 1.54) is 0 Å². The van der Waals surface area contributed by atoms with Gasteiger partial charge in [-0.2, -0.15) is 0 Å². The van der Waals surface area contributed by atoms with Crippen LogP contribution in [-0.4, -0.2) is 11.6 Å². The number of hydrogen-bond donors (Lipinski definition) is 2.